The fraction of sp³-hybridized carbons (Fsp3) is 0.562. The third-order valence-corrected chi connectivity index (χ3v) is 3.84. The number of allylic oxidation sites excluding steroid dienone is 2. The molecular formula is C16H23N3. The van der Waals surface area contributed by atoms with Crippen LogP contribution in [0.4, 0.5) is 0 Å². The van der Waals surface area contributed by atoms with Crippen LogP contribution in [0.15, 0.2) is 11.1 Å². The van der Waals surface area contributed by atoms with Gasteiger partial charge >= 0.3 is 0 Å². The molecule has 0 saturated carbocycles. The van der Waals surface area contributed by atoms with Gasteiger partial charge in [0.2, 0.25) is 0 Å². The van der Waals surface area contributed by atoms with Crippen LogP contribution in [-0.2, 0) is 0 Å². The lowest BCUT2D eigenvalue weighted by Crippen LogP contribution is -2.21. The summed E-state index contributed by atoms with van der Waals surface area (Å²) >= 11 is 0. The Hall–Kier alpha value is -1.51. The maximum Gasteiger partial charge on any atom is 0.154 e. The summed E-state index contributed by atoms with van der Waals surface area (Å²) in [7, 11) is 0. The van der Waals surface area contributed by atoms with Crippen LogP contribution in [0.1, 0.15) is 69.2 Å². The molecule has 3 heteroatoms. The highest BCUT2D eigenvalue weighted by molar-refractivity contribution is 6.01. The van der Waals surface area contributed by atoms with E-state index in [1.165, 1.54) is 17.7 Å². The fourth-order valence-corrected chi connectivity index (χ4v) is 2.63. The van der Waals surface area contributed by atoms with Gasteiger partial charge in [-0.2, -0.15) is 0 Å². The van der Waals surface area contributed by atoms with E-state index in [1.54, 1.807) is 0 Å². The molecule has 0 amide bonds. The predicted octanol–water partition coefficient (Wildman–Crippen LogP) is 3.91. The molecular weight excluding hydrogens is 234 g/mol. The molecule has 0 spiro atoms. The van der Waals surface area contributed by atoms with Crippen LogP contribution >= 0.6 is 0 Å². The molecule has 1 unspecified atom stereocenters. The van der Waals surface area contributed by atoms with Crippen LogP contribution in [0.25, 0.3) is 5.57 Å². The summed E-state index contributed by atoms with van der Waals surface area (Å²) in [4.78, 5) is 14.1. The van der Waals surface area contributed by atoms with E-state index in [4.69, 9.17) is 4.98 Å². The smallest absolute Gasteiger partial charge is 0.154 e. The van der Waals surface area contributed by atoms with Crippen molar-refractivity contribution >= 4 is 11.3 Å². The first-order chi connectivity index (χ1) is 9.08. The molecule has 2 heterocycles. The lowest BCUT2D eigenvalue weighted by atomic mass is 9.90. The minimum atomic E-state index is 0.453. The molecule has 1 atom stereocenters. The lowest BCUT2D eigenvalue weighted by Gasteiger charge is -2.24. The van der Waals surface area contributed by atoms with E-state index in [0.29, 0.717) is 5.92 Å². The first-order valence-corrected chi connectivity index (χ1v) is 7.11. The van der Waals surface area contributed by atoms with Crippen molar-refractivity contribution in [2.75, 3.05) is 6.54 Å². The number of aromatic nitrogens is 2. The second kappa shape index (κ2) is 5.64. The molecule has 0 fully saturated rings. The molecule has 1 aromatic rings. The molecule has 1 aromatic heterocycles. The van der Waals surface area contributed by atoms with Crippen LogP contribution < -0.4 is 0 Å². The second-order valence-corrected chi connectivity index (χ2v) is 5.28. The summed E-state index contributed by atoms with van der Waals surface area (Å²) in [6.45, 7) is 11.3. The lowest BCUT2D eigenvalue weighted by molar-refractivity contribution is 0.595. The Kier molecular flexibility index (Phi) is 4.13. The van der Waals surface area contributed by atoms with Gasteiger partial charge in [-0.3, -0.25) is 4.99 Å². The Labute approximate surface area is 115 Å². The van der Waals surface area contributed by atoms with Crippen molar-refractivity contribution in [3.05, 3.63) is 28.9 Å². The number of hydrogen-bond acceptors (Lipinski definition) is 3. The van der Waals surface area contributed by atoms with E-state index in [9.17, 15) is 0 Å². The highest BCUT2D eigenvalue weighted by Gasteiger charge is 2.25. The van der Waals surface area contributed by atoms with E-state index in [0.717, 1.165) is 35.8 Å². The third-order valence-electron chi connectivity index (χ3n) is 3.84. The summed E-state index contributed by atoms with van der Waals surface area (Å²) in [5.74, 6) is 1.32. The van der Waals surface area contributed by atoms with E-state index in [-0.39, 0.29) is 0 Å². The average molecular weight is 257 g/mol. The summed E-state index contributed by atoms with van der Waals surface area (Å²) < 4.78 is 0. The molecule has 102 valence electrons. The van der Waals surface area contributed by atoms with E-state index >= 15 is 0 Å². The third kappa shape index (κ3) is 2.60. The van der Waals surface area contributed by atoms with Crippen LogP contribution in [0, 0.1) is 6.92 Å². The summed E-state index contributed by atoms with van der Waals surface area (Å²) in [5, 5.41) is 0. The van der Waals surface area contributed by atoms with Crippen LogP contribution in [0.3, 0.4) is 0 Å². The zero-order valence-electron chi connectivity index (χ0n) is 12.6. The van der Waals surface area contributed by atoms with Crippen molar-refractivity contribution in [2.45, 2.75) is 53.4 Å². The monoisotopic (exact) mass is 257 g/mol. The standard InChI is InChI=1S/C16H23N3/c1-6-8-13-9-17-11(4)14-12(5)18-16(10(3)7-2)19-15(13)14/h7,13H,6,8-9H2,1-5H3/b10-7-. The molecule has 1 aliphatic rings. The van der Waals surface area contributed by atoms with Gasteiger partial charge in [0.05, 0.1) is 11.4 Å². The molecule has 0 radical (unpaired) electrons. The summed E-state index contributed by atoms with van der Waals surface area (Å²) in [6.07, 6.45) is 4.38. The molecule has 19 heavy (non-hydrogen) atoms. The molecule has 2 rings (SSSR count). The average Bonchev–Trinajstić information content (AvgIpc) is 2.40. The van der Waals surface area contributed by atoms with Gasteiger partial charge in [0.15, 0.2) is 5.82 Å². The predicted molar refractivity (Wildman–Crippen MR) is 80.8 cm³/mol. The number of nitrogens with zero attached hydrogens (tertiary/aromatic N) is 3. The van der Waals surface area contributed by atoms with Gasteiger partial charge in [-0.15, -0.1) is 0 Å². The summed E-state index contributed by atoms with van der Waals surface area (Å²) in [6, 6.07) is 0. The number of hydrogen-bond donors (Lipinski definition) is 0. The van der Waals surface area contributed by atoms with Gasteiger partial charge < -0.3 is 0 Å². The highest BCUT2D eigenvalue weighted by Crippen LogP contribution is 2.30. The Morgan fingerprint density at radius 2 is 2.05 bits per heavy atom. The minimum absolute atomic E-state index is 0.453. The molecule has 0 N–H and O–H groups in total. The first kappa shape index (κ1) is 13.9. The van der Waals surface area contributed by atoms with Gasteiger partial charge in [-0.1, -0.05) is 19.4 Å². The zero-order valence-corrected chi connectivity index (χ0v) is 12.6. The largest absolute Gasteiger partial charge is 0.289 e. The van der Waals surface area contributed by atoms with Crippen LogP contribution in [0.5, 0.6) is 0 Å². The highest BCUT2D eigenvalue weighted by atomic mass is 14.9. The maximum absolute atomic E-state index is 4.84. The van der Waals surface area contributed by atoms with Gasteiger partial charge in [0, 0.05) is 23.7 Å². The van der Waals surface area contributed by atoms with Gasteiger partial charge in [0.25, 0.3) is 0 Å². The normalized spacial score (nSPS) is 19.1. The Morgan fingerprint density at radius 3 is 2.68 bits per heavy atom. The second-order valence-electron chi connectivity index (χ2n) is 5.28. The quantitative estimate of drug-likeness (QED) is 0.823. The number of fused-ring (bicyclic) bond motifs is 1. The number of rotatable bonds is 3. The van der Waals surface area contributed by atoms with Crippen molar-refractivity contribution in [2.24, 2.45) is 4.99 Å². The molecule has 0 aromatic carbocycles. The topological polar surface area (TPSA) is 38.1 Å². The zero-order chi connectivity index (χ0) is 14.0. The van der Waals surface area contributed by atoms with Crippen molar-refractivity contribution in [1.29, 1.82) is 0 Å². The van der Waals surface area contributed by atoms with Crippen LogP contribution in [0.2, 0.25) is 0 Å². The van der Waals surface area contributed by atoms with Gasteiger partial charge in [-0.05, 0) is 39.7 Å². The number of aryl methyl sites for hydroxylation is 1. The molecule has 3 nitrogen and oxygen atoms in total. The van der Waals surface area contributed by atoms with Gasteiger partial charge in [-0.25, -0.2) is 9.97 Å². The first-order valence-electron chi connectivity index (χ1n) is 7.11. The SMILES string of the molecule is C/C=C(/C)c1nc(C)c2c(n1)C(CCC)CN=C2C. The van der Waals surface area contributed by atoms with Crippen molar-refractivity contribution < 1.29 is 0 Å². The van der Waals surface area contributed by atoms with E-state index < -0.39 is 0 Å². The fourth-order valence-electron chi connectivity index (χ4n) is 2.63. The Bertz CT molecular complexity index is 541. The van der Waals surface area contributed by atoms with E-state index in [2.05, 4.69) is 43.7 Å². The molecule has 0 bridgehead atoms. The van der Waals surface area contributed by atoms with E-state index in [1.807, 2.05) is 6.92 Å². The molecule has 1 aliphatic heterocycles. The van der Waals surface area contributed by atoms with Crippen molar-refractivity contribution in [1.82, 2.24) is 9.97 Å². The molecule has 0 aliphatic carbocycles. The Morgan fingerprint density at radius 1 is 1.32 bits per heavy atom. The number of aliphatic imine (C=N–C) groups is 1. The summed E-state index contributed by atoms with van der Waals surface area (Å²) in [5.41, 5.74) is 5.67. The minimum Gasteiger partial charge on any atom is -0.289 e. The van der Waals surface area contributed by atoms with Gasteiger partial charge in [0.1, 0.15) is 0 Å². The maximum atomic E-state index is 4.84. The molecule has 0 saturated heterocycles. The van der Waals surface area contributed by atoms with Crippen molar-refractivity contribution in [3.8, 4) is 0 Å². The Balaban J connectivity index is 2.58. The van der Waals surface area contributed by atoms with Crippen LogP contribution in [-0.4, -0.2) is 22.2 Å². The van der Waals surface area contributed by atoms with Crippen molar-refractivity contribution in [3.63, 3.8) is 0 Å².